The minimum Gasteiger partial charge on any atom is -0.463 e. The topological polar surface area (TPSA) is 63.5 Å². The first-order chi connectivity index (χ1) is 9.76. The number of carbonyl (C=O) groups excluding carboxylic acids is 1. The second-order valence-corrected chi connectivity index (χ2v) is 4.21. The van der Waals surface area contributed by atoms with Crippen LogP contribution in [0, 0.1) is 0 Å². The molecule has 0 atom stereocenters. The number of carbonyl (C=O) groups is 1. The highest BCUT2D eigenvalue weighted by Gasteiger charge is 2.29. The molecule has 1 heterocycles. The summed E-state index contributed by atoms with van der Waals surface area (Å²) in [6, 6.07) is 9.60. The van der Waals surface area contributed by atoms with Crippen LogP contribution in [0.5, 0.6) is 0 Å². The van der Waals surface area contributed by atoms with Crippen molar-refractivity contribution in [1.29, 1.82) is 0 Å². The predicted molar refractivity (Wildman–Crippen MR) is 75.9 cm³/mol. The molecule has 0 amide bonds. The van der Waals surface area contributed by atoms with Gasteiger partial charge < -0.3 is 14.5 Å². The summed E-state index contributed by atoms with van der Waals surface area (Å²) in [5.41, 5.74) is 0.844. The lowest BCUT2D eigenvalue weighted by Gasteiger charge is -2.18. The molecule has 1 aliphatic rings. The number of ether oxygens (including phenoxy) is 1. The summed E-state index contributed by atoms with van der Waals surface area (Å²) < 4.78 is 4.73. The van der Waals surface area contributed by atoms with E-state index >= 15 is 0 Å². The predicted octanol–water partition coefficient (Wildman–Crippen LogP) is 1.95. The van der Waals surface area contributed by atoms with Crippen molar-refractivity contribution in [3.63, 3.8) is 0 Å². The molecule has 1 fully saturated rings. The zero-order chi connectivity index (χ0) is 14.4. The average molecular weight is 275 g/mol. The molecule has 1 aromatic rings. The van der Waals surface area contributed by atoms with Crippen LogP contribution in [0.4, 0.5) is 5.69 Å². The maximum absolute atomic E-state index is 11.8. The summed E-state index contributed by atoms with van der Waals surface area (Å²) in [5, 5.41) is 3.76. The van der Waals surface area contributed by atoms with Crippen molar-refractivity contribution in [1.82, 2.24) is 4.90 Å². The number of esters is 1. The third kappa shape index (κ3) is 3.14. The number of amidine groups is 2. The molecule has 0 radical (unpaired) electrons. The number of likely N-dealkylation sites (tertiary alicyclic amines) is 1. The fourth-order valence-corrected chi connectivity index (χ4v) is 2.03. The van der Waals surface area contributed by atoms with Crippen molar-refractivity contribution in [2.45, 2.75) is 12.8 Å². The Hall–Kier alpha value is -2.37. The minimum absolute atomic E-state index is 0.127. The molecule has 0 saturated carbocycles. The highest BCUT2D eigenvalue weighted by molar-refractivity contribution is 6.38. The zero-order valence-corrected chi connectivity index (χ0v) is 11.6. The van der Waals surface area contributed by atoms with Crippen molar-refractivity contribution in [2.75, 3.05) is 20.8 Å². The summed E-state index contributed by atoms with van der Waals surface area (Å²) >= 11 is 0. The van der Waals surface area contributed by atoms with E-state index in [9.17, 15) is 4.79 Å². The first kappa shape index (κ1) is 14.0. The molecule has 20 heavy (non-hydrogen) atoms. The van der Waals surface area contributed by atoms with E-state index < -0.39 is 5.97 Å². The summed E-state index contributed by atoms with van der Waals surface area (Å²) in [6.45, 7) is 0.670. The van der Waals surface area contributed by atoms with Gasteiger partial charge in [-0.2, -0.15) is 0 Å². The van der Waals surface area contributed by atoms with Crippen LogP contribution in [0.2, 0.25) is 0 Å². The molecule has 6 nitrogen and oxygen atoms in total. The standard InChI is InChI=1S/C14H17N3O3/c1-19-14(18)13(16-20-2)17-10-6-9-12(17)15-11-7-4-3-5-8-11/h3-5,7-8H,6,9-10H2,1-2H3/b15-12?,16-13-. The van der Waals surface area contributed by atoms with Crippen LogP contribution in [0.3, 0.4) is 0 Å². The average Bonchev–Trinajstić information content (AvgIpc) is 2.93. The van der Waals surface area contributed by atoms with E-state index in [1.54, 1.807) is 4.90 Å². The number of hydrogen-bond acceptors (Lipinski definition) is 5. The van der Waals surface area contributed by atoms with Crippen LogP contribution in [-0.4, -0.2) is 43.3 Å². The first-order valence-electron chi connectivity index (χ1n) is 6.36. The smallest absolute Gasteiger partial charge is 0.377 e. The van der Waals surface area contributed by atoms with Crippen molar-refractivity contribution in [3.8, 4) is 0 Å². The molecule has 2 rings (SSSR count). The van der Waals surface area contributed by atoms with Crippen molar-refractivity contribution >= 4 is 23.3 Å². The van der Waals surface area contributed by atoms with E-state index in [1.165, 1.54) is 14.2 Å². The summed E-state index contributed by atoms with van der Waals surface area (Å²) in [5.74, 6) is 0.383. The lowest BCUT2D eigenvalue weighted by Crippen LogP contribution is -2.38. The van der Waals surface area contributed by atoms with Gasteiger partial charge in [-0.3, -0.25) is 0 Å². The number of methoxy groups -OCH3 is 1. The molecule has 0 aromatic heterocycles. The van der Waals surface area contributed by atoms with Crippen LogP contribution < -0.4 is 0 Å². The van der Waals surface area contributed by atoms with Gasteiger partial charge in [-0.15, -0.1) is 0 Å². The lowest BCUT2D eigenvalue weighted by atomic mass is 10.3. The van der Waals surface area contributed by atoms with Gasteiger partial charge in [-0.05, 0) is 18.6 Å². The molecule has 1 aromatic carbocycles. The van der Waals surface area contributed by atoms with Gasteiger partial charge in [0.15, 0.2) is 0 Å². The van der Waals surface area contributed by atoms with E-state index in [1.807, 2.05) is 30.3 Å². The van der Waals surface area contributed by atoms with Gasteiger partial charge in [-0.25, -0.2) is 9.79 Å². The molecule has 106 valence electrons. The zero-order valence-electron chi connectivity index (χ0n) is 11.6. The molecular formula is C14H17N3O3. The van der Waals surface area contributed by atoms with E-state index in [-0.39, 0.29) is 5.84 Å². The van der Waals surface area contributed by atoms with Gasteiger partial charge in [0.1, 0.15) is 12.9 Å². The number of aliphatic imine (C=N–C) groups is 1. The fourth-order valence-electron chi connectivity index (χ4n) is 2.03. The third-order valence-electron chi connectivity index (χ3n) is 2.91. The molecule has 1 aliphatic heterocycles. The molecule has 0 N–H and O–H groups in total. The molecule has 0 unspecified atom stereocenters. The van der Waals surface area contributed by atoms with E-state index in [0.29, 0.717) is 6.54 Å². The van der Waals surface area contributed by atoms with Crippen molar-refractivity contribution in [2.24, 2.45) is 10.1 Å². The maximum atomic E-state index is 11.8. The molecule has 6 heteroatoms. The Morgan fingerprint density at radius 2 is 2.00 bits per heavy atom. The number of para-hydroxylation sites is 1. The number of benzene rings is 1. The van der Waals surface area contributed by atoms with Crippen LogP contribution in [0.1, 0.15) is 12.8 Å². The molecule has 1 saturated heterocycles. The van der Waals surface area contributed by atoms with Gasteiger partial charge >= 0.3 is 5.97 Å². The Balaban J connectivity index is 2.28. The Morgan fingerprint density at radius 3 is 2.65 bits per heavy atom. The molecule has 0 spiro atoms. The highest BCUT2D eigenvalue weighted by atomic mass is 16.6. The van der Waals surface area contributed by atoms with E-state index in [0.717, 1.165) is 24.4 Å². The third-order valence-corrected chi connectivity index (χ3v) is 2.91. The molecule has 0 bridgehead atoms. The Kier molecular flexibility index (Phi) is 4.70. The fraction of sp³-hybridized carbons (Fsp3) is 0.357. The number of oxime groups is 1. The number of rotatable bonds is 2. The Labute approximate surface area is 117 Å². The Bertz CT molecular complexity index is 526. The summed E-state index contributed by atoms with van der Waals surface area (Å²) in [7, 11) is 2.71. The summed E-state index contributed by atoms with van der Waals surface area (Å²) in [6.07, 6.45) is 1.69. The van der Waals surface area contributed by atoms with E-state index in [2.05, 4.69) is 10.1 Å². The van der Waals surface area contributed by atoms with Crippen LogP contribution in [-0.2, 0) is 14.4 Å². The van der Waals surface area contributed by atoms with Crippen molar-refractivity contribution in [3.05, 3.63) is 30.3 Å². The number of nitrogens with zero attached hydrogens (tertiary/aromatic N) is 3. The van der Waals surface area contributed by atoms with Crippen LogP contribution in [0.15, 0.2) is 40.5 Å². The lowest BCUT2D eigenvalue weighted by molar-refractivity contribution is -0.133. The van der Waals surface area contributed by atoms with Gasteiger partial charge in [0.25, 0.3) is 5.84 Å². The molecule has 0 aliphatic carbocycles. The van der Waals surface area contributed by atoms with Gasteiger partial charge in [-0.1, -0.05) is 23.4 Å². The second-order valence-electron chi connectivity index (χ2n) is 4.21. The van der Waals surface area contributed by atoms with Crippen molar-refractivity contribution < 1.29 is 14.4 Å². The number of hydrogen-bond donors (Lipinski definition) is 0. The second kappa shape index (κ2) is 6.70. The summed E-state index contributed by atoms with van der Waals surface area (Å²) in [4.78, 5) is 22.8. The highest BCUT2D eigenvalue weighted by Crippen LogP contribution is 2.19. The van der Waals surface area contributed by atoms with Gasteiger partial charge in [0, 0.05) is 13.0 Å². The van der Waals surface area contributed by atoms with E-state index in [4.69, 9.17) is 9.57 Å². The van der Waals surface area contributed by atoms with Crippen LogP contribution >= 0.6 is 0 Å². The normalized spacial score (nSPS) is 17.4. The quantitative estimate of drug-likeness (QED) is 0.358. The largest absolute Gasteiger partial charge is 0.463 e. The SMILES string of the molecule is CO/N=C(/C(=O)OC)N1CCCC1=Nc1ccccc1. The van der Waals surface area contributed by atoms with Crippen LogP contribution in [0.25, 0.3) is 0 Å². The first-order valence-corrected chi connectivity index (χ1v) is 6.36. The van der Waals surface area contributed by atoms with Gasteiger partial charge in [0.05, 0.1) is 12.8 Å². The maximum Gasteiger partial charge on any atom is 0.377 e. The molecular weight excluding hydrogens is 258 g/mol. The Morgan fingerprint density at radius 1 is 1.25 bits per heavy atom. The monoisotopic (exact) mass is 275 g/mol. The minimum atomic E-state index is -0.533. The van der Waals surface area contributed by atoms with Gasteiger partial charge in [0.2, 0.25) is 0 Å².